The molecular weight excluding hydrogens is 346 g/mol. The highest BCUT2D eigenvalue weighted by Crippen LogP contribution is 2.23. The number of carbonyl (C=O) groups is 1. The third-order valence-electron chi connectivity index (χ3n) is 3.08. The van der Waals surface area contributed by atoms with Crippen molar-refractivity contribution in [3.8, 4) is 11.1 Å². The average molecular weight is 358 g/mol. The summed E-state index contributed by atoms with van der Waals surface area (Å²) in [4.78, 5) is 12.1. The van der Waals surface area contributed by atoms with E-state index in [1.807, 2.05) is 53.9 Å². The van der Waals surface area contributed by atoms with Gasteiger partial charge in [-0.3, -0.25) is 4.79 Å². The first-order valence-corrected chi connectivity index (χ1v) is 8.10. The van der Waals surface area contributed by atoms with Gasteiger partial charge in [0.05, 0.1) is 9.35 Å². The van der Waals surface area contributed by atoms with Crippen molar-refractivity contribution in [2.24, 2.45) is 0 Å². The standard InChI is InChI=1S/C17H12BrNOS/c18-16-10-14(11-21-16)17(20)19-15-8-6-13(7-9-15)12-4-2-1-3-5-12/h1-11H,(H,19,20). The molecule has 1 amide bonds. The molecule has 21 heavy (non-hydrogen) atoms. The number of nitrogens with one attached hydrogen (secondary N) is 1. The molecule has 104 valence electrons. The zero-order valence-electron chi connectivity index (χ0n) is 11.0. The number of thiophene rings is 1. The highest BCUT2D eigenvalue weighted by molar-refractivity contribution is 9.11. The summed E-state index contributed by atoms with van der Waals surface area (Å²) in [5, 5.41) is 4.73. The van der Waals surface area contributed by atoms with E-state index in [0.29, 0.717) is 5.56 Å². The van der Waals surface area contributed by atoms with Gasteiger partial charge in [-0.15, -0.1) is 11.3 Å². The fourth-order valence-electron chi connectivity index (χ4n) is 2.01. The lowest BCUT2D eigenvalue weighted by Crippen LogP contribution is -2.10. The second-order valence-electron chi connectivity index (χ2n) is 4.54. The van der Waals surface area contributed by atoms with Crippen molar-refractivity contribution in [3.63, 3.8) is 0 Å². The van der Waals surface area contributed by atoms with E-state index in [9.17, 15) is 4.79 Å². The van der Waals surface area contributed by atoms with Crippen molar-refractivity contribution in [2.75, 3.05) is 5.32 Å². The molecule has 0 aliphatic rings. The van der Waals surface area contributed by atoms with Crippen LogP contribution in [0.15, 0.2) is 69.8 Å². The summed E-state index contributed by atoms with van der Waals surface area (Å²) in [5.74, 6) is -0.0931. The number of rotatable bonds is 3. The maximum Gasteiger partial charge on any atom is 0.256 e. The van der Waals surface area contributed by atoms with Crippen LogP contribution in [0.5, 0.6) is 0 Å². The van der Waals surface area contributed by atoms with Gasteiger partial charge in [-0.1, -0.05) is 42.5 Å². The molecule has 3 aromatic rings. The van der Waals surface area contributed by atoms with Crippen LogP contribution in [-0.4, -0.2) is 5.91 Å². The van der Waals surface area contributed by atoms with E-state index in [1.165, 1.54) is 11.3 Å². The van der Waals surface area contributed by atoms with Crippen LogP contribution in [0.3, 0.4) is 0 Å². The highest BCUT2D eigenvalue weighted by Gasteiger charge is 2.08. The molecule has 0 bridgehead atoms. The molecule has 2 aromatic carbocycles. The molecule has 0 saturated heterocycles. The fourth-order valence-corrected chi connectivity index (χ4v) is 3.15. The van der Waals surface area contributed by atoms with Gasteiger partial charge in [-0.05, 0) is 45.3 Å². The van der Waals surface area contributed by atoms with Crippen LogP contribution in [0.2, 0.25) is 0 Å². The first-order valence-electron chi connectivity index (χ1n) is 6.43. The molecule has 0 spiro atoms. The Hall–Kier alpha value is -1.91. The van der Waals surface area contributed by atoms with Gasteiger partial charge in [-0.25, -0.2) is 0 Å². The van der Waals surface area contributed by atoms with Crippen molar-refractivity contribution in [1.29, 1.82) is 0 Å². The molecule has 4 heteroatoms. The Morgan fingerprint density at radius 1 is 0.952 bits per heavy atom. The van der Waals surface area contributed by atoms with Crippen LogP contribution in [0, 0.1) is 0 Å². The summed E-state index contributed by atoms with van der Waals surface area (Å²) >= 11 is 4.86. The molecular formula is C17H12BrNOS. The van der Waals surface area contributed by atoms with Crippen molar-refractivity contribution < 1.29 is 4.79 Å². The molecule has 1 aromatic heterocycles. The molecule has 0 fully saturated rings. The summed E-state index contributed by atoms with van der Waals surface area (Å²) in [7, 11) is 0. The Labute approximate surface area is 135 Å². The Balaban J connectivity index is 1.74. The third kappa shape index (κ3) is 3.40. The van der Waals surface area contributed by atoms with Crippen molar-refractivity contribution in [3.05, 3.63) is 75.4 Å². The number of carbonyl (C=O) groups excluding carboxylic acids is 1. The second kappa shape index (κ2) is 6.24. The smallest absolute Gasteiger partial charge is 0.256 e. The molecule has 3 rings (SSSR count). The highest BCUT2D eigenvalue weighted by atomic mass is 79.9. The lowest BCUT2D eigenvalue weighted by Gasteiger charge is -2.06. The minimum Gasteiger partial charge on any atom is -0.322 e. The van der Waals surface area contributed by atoms with Gasteiger partial charge < -0.3 is 5.32 Å². The Morgan fingerprint density at radius 2 is 1.62 bits per heavy atom. The Bertz CT molecular complexity index is 750. The zero-order valence-corrected chi connectivity index (χ0v) is 13.4. The summed E-state index contributed by atoms with van der Waals surface area (Å²) in [5.41, 5.74) is 3.75. The molecule has 0 saturated carbocycles. The Kier molecular flexibility index (Phi) is 4.18. The minimum absolute atomic E-state index is 0.0931. The lowest BCUT2D eigenvalue weighted by atomic mass is 10.1. The van der Waals surface area contributed by atoms with Gasteiger partial charge in [0.1, 0.15) is 0 Å². The molecule has 1 heterocycles. The van der Waals surface area contributed by atoms with Gasteiger partial charge in [-0.2, -0.15) is 0 Å². The van der Waals surface area contributed by atoms with Crippen molar-refractivity contribution in [2.45, 2.75) is 0 Å². The van der Waals surface area contributed by atoms with E-state index >= 15 is 0 Å². The van der Waals surface area contributed by atoms with Crippen LogP contribution in [0.25, 0.3) is 11.1 Å². The molecule has 0 unspecified atom stereocenters. The summed E-state index contributed by atoms with van der Waals surface area (Å²) < 4.78 is 0.951. The Morgan fingerprint density at radius 3 is 2.24 bits per heavy atom. The minimum atomic E-state index is -0.0931. The van der Waals surface area contributed by atoms with Crippen molar-refractivity contribution in [1.82, 2.24) is 0 Å². The van der Waals surface area contributed by atoms with E-state index in [4.69, 9.17) is 0 Å². The summed E-state index contributed by atoms with van der Waals surface area (Å²) in [6.45, 7) is 0. The SMILES string of the molecule is O=C(Nc1ccc(-c2ccccc2)cc1)c1csc(Br)c1. The van der Waals surface area contributed by atoms with E-state index in [-0.39, 0.29) is 5.91 Å². The van der Waals surface area contributed by atoms with Crippen LogP contribution in [0.4, 0.5) is 5.69 Å². The summed E-state index contributed by atoms with van der Waals surface area (Å²) in [6.07, 6.45) is 0. The molecule has 0 aliphatic carbocycles. The molecule has 1 N–H and O–H groups in total. The monoisotopic (exact) mass is 357 g/mol. The van der Waals surface area contributed by atoms with Crippen molar-refractivity contribution >= 4 is 38.9 Å². The van der Waals surface area contributed by atoms with Gasteiger partial charge >= 0.3 is 0 Å². The average Bonchev–Trinajstić information content (AvgIpc) is 2.96. The topological polar surface area (TPSA) is 29.1 Å². The lowest BCUT2D eigenvalue weighted by molar-refractivity contribution is 0.102. The van der Waals surface area contributed by atoms with E-state index in [1.54, 1.807) is 0 Å². The van der Waals surface area contributed by atoms with Gasteiger partial charge in [0.25, 0.3) is 5.91 Å². The van der Waals surface area contributed by atoms with Crippen LogP contribution in [-0.2, 0) is 0 Å². The van der Waals surface area contributed by atoms with Crippen LogP contribution in [0.1, 0.15) is 10.4 Å². The maximum atomic E-state index is 12.1. The first kappa shape index (κ1) is 14.0. The predicted octanol–water partition coefficient (Wildman–Crippen LogP) is 5.43. The first-order chi connectivity index (χ1) is 10.2. The zero-order chi connectivity index (χ0) is 14.7. The maximum absolute atomic E-state index is 12.1. The number of benzene rings is 2. The van der Waals surface area contributed by atoms with Crippen LogP contribution >= 0.6 is 27.3 Å². The predicted molar refractivity (Wildman–Crippen MR) is 91.9 cm³/mol. The van der Waals surface area contributed by atoms with E-state index in [2.05, 4.69) is 33.4 Å². The number of anilines is 1. The van der Waals surface area contributed by atoms with E-state index < -0.39 is 0 Å². The third-order valence-corrected chi connectivity index (χ3v) is 4.58. The van der Waals surface area contributed by atoms with Gasteiger partial charge in [0, 0.05) is 11.1 Å². The number of amides is 1. The second-order valence-corrected chi connectivity index (χ2v) is 6.83. The molecule has 2 nitrogen and oxygen atoms in total. The van der Waals surface area contributed by atoms with Crippen LogP contribution < -0.4 is 5.32 Å². The van der Waals surface area contributed by atoms with E-state index in [0.717, 1.165) is 20.6 Å². The summed E-state index contributed by atoms with van der Waals surface area (Å²) in [6, 6.07) is 19.8. The van der Waals surface area contributed by atoms with Gasteiger partial charge in [0.15, 0.2) is 0 Å². The molecule has 0 radical (unpaired) electrons. The van der Waals surface area contributed by atoms with Gasteiger partial charge in [0.2, 0.25) is 0 Å². The number of hydrogen-bond acceptors (Lipinski definition) is 2. The normalized spacial score (nSPS) is 10.3. The molecule has 0 aliphatic heterocycles. The quantitative estimate of drug-likeness (QED) is 0.665. The largest absolute Gasteiger partial charge is 0.322 e. The fraction of sp³-hybridized carbons (Fsp3) is 0. The number of halogens is 1. The molecule has 0 atom stereocenters. The number of hydrogen-bond donors (Lipinski definition) is 1.